The maximum atomic E-state index is 5.51. The van der Waals surface area contributed by atoms with Crippen molar-refractivity contribution < 1.29 is 4.74 Å². The van der Waals surface area contributed by atoms with Gasteiger partial charge in [-0.05, 0) is 50.8 Å². The number of benzene rings is 1. The molecule has 3 heterocycles. The van der Waals surface area contributed by atoms with Crippen molar-refractivity contribution in [3.05, 3.63) is 53.5 Å². The predicted molar refractivity (Wildman–Crippen MR) is 108 cm³/mol. The van der Waals surface area contributed by atoms with Crippen LogP contribution in [0.25, 0.3) is 0 Å². The Morgan fingerprint density at radius 1 is 1.11 bits per heavy atom. The number of hydrogen-bond donors (Lipinski definition) is 1. The minimum Gasteiger partial charge on any atom is -0.381 e. The first-order valence-corrected chi connectivity index (χ1v) is 10.2. The molecule has 144 valence electrons. The number of nitrogens with one attached hydrogen (secondary N) is 1. The first-order chi connectivity index (χ1) is 13.3. The average Bonchev–Trinajstić information content (AvgIpc) is 3.23. The van der Waals surface area contributed by atoms with Crippen LogP contribution in [0.4, 0.5) is 5.82 Å². The van der Waals surface area contributed by atoms with E-state index in [4.69, 9.17) is 4.74 Å². The molecule has 1 aromatic heterocycles. The third kappa shape index (κ3) is 5.05. The molecule has 0 amide bonds. The van der Waals surface area contributed by atoms with Crippen molar-refractivity contribution in [1.82, 2.24) is 14.9 Å². The summed E-state index contributed by atoms with van der Waals surface area (Å²) in [5.74, 6) is 2.95. The Morgan fingerprint density at radius 2 is 1.93 bits per heavy atom. The molecule has 5 heteroatoms. The van der Waals surface area contributed by atoms with Crippen LogP contribution in [0.3, 0.4) is 0 Å². The molecule has 27 heavy (non-hydrogen) atoms. The molecule has 2 saturated heterocycles. The molecule has 1 N–H and O–H groups in total. The summed E-state index contributed by atoms with van der Waals surface area (Å²) in [6.45, 7) is 8.03. The van der Waals surface area contributed by atoms with Crippen LogP contribution in [0.15, 0.2) is 36.4 Å². The van der Waals surface area contributed by atoms with Crippen molar-refractivity contribution in [3.8, 4) is 0 Å². The summed E-state index contributed by atoms with van der Waals surface area (Å²) in [5, 5.41) is 3.57. The highest BCUT2D eigenvalue weighted by atomic mass is 16.5. The minimum absolute atomic E-state index is 0.425. The lowest BCUT2D eigenvalue weighted by Crippen LogP contribution is -2.35. The fraction of sp³-hybridized carbons (Fsp3) is 0.545. The van der Waals surface area contributed by atoms with E-state index in [1.807, 2.05) is 6.92 Å². The number of hydrogen-bond acceptors (Lipinski definition) is 5. The van der Waals surface area contributed by atoms with Crippen LogP contribution < -0.4 is 5.32 Å². The zero-order valence-electron chi connectivity index (χ0n) is 16.2. The van der Waals surface area contributed by atoms with Gasteiger partial charge in [-0.3, -0.25) is 4.90 Å². The van der Waals surface area contributed by atoms with E-state index in [2.05, 4.69) is 56.6 Å². The van der Waals surface area contributed by atoms with Gasteiger partial charge in [-0.25, -0.2) is 9.97 Å². The van der Waals surface area contributed by atoms with Gasteiger partial charge in [0, 0.05) is 31.7 Å². The molecule has 2 aromatic rings. The second-order valence-electron chi connectivity index (χ2n) is 7.87. The van der Waals surface area contributed by atoms with Crippen LogP contribution in [0.1, 0.15) is 42.3 Å². The average molecular weight is 367 g/mol. The topological polar surface area (TPSA) is 50.3 Å². The Hall–Kier alpha value is -1.98. The summed E-state index contributed by atoms with van der Waals surface area (Å²) in [6.07, 6.45) is 3.55. The minimum atomic E-state index is 0.425. The van der Waals surface area contributed by atoms with E-state index in [1.54, 1.807) is 0 Å². The highest BCUT2D eigenvalue weighted by molar-refractivity contribution is 5.37. The molecule has 0 unspecified atom stereocenters. The van der Waals surface area contributed by atoms with Gasteiger partial charge in [0.2, 0.25) is 0 Å². The number of aromatic nitrogens is 2. The normalized spacial score (nSPS) is 21.4. The summed E-state index contributed by atoms with van der Waals surface area (Å²) in [7, 11) is 0. The Labute approximate surface area is 162 Å². The second-order valence-corrected chi connectivity index (χ2v) is 7.87. The van der Waals surface area contributed by atoms with E-state index in [0.717, 1.165) is 50.1 Å². The Bertz CT molecular complexity index is 722. The zero-order valence-corrected chi connectivity index (χ0v) is 16.2. The molecule has 5 nitrogen and oxygen atoms in total. The summed E-state index contributed by atoms with van der Waals surface area (Å²) < 4.78 is 5.51. The molecule has 1 aromatic carbocycles. The standard InChI is InChI=1S/C22H30N4O/c1-17-24-21(20-9-12-27-16-20)13-22(25-17)23-14-18-7-10-26(11-8-18)15-19-5-3-2-4-6-19/h2-6,13,18,20H,7-12,14-16H2,1H3,(H,23,24,25)/t20-/m0/s1. The Balaban J connectivity index is 1.26. The number of nitrogens with zero attached hydrogens (tertiary/aromatic N) is 3. The monoisotopic (exact) mass is 366 g/mol. The molecule has 0 saturated carbocycles. The molecule has 0 aliphatic carbocycles. The number of ether oxygens (including phenoxy) is 1. The van der Waals surface area contributed by atoms with Crippen molar-refractivity contribution in [2.45, 2.75) is 38.6 Å². The molecule has 0 bridgehead atoms. The molecular weight excluding hydrogens is 336 g/mol. The van der Waals surface area contributed by atoms with Gasteiger partial charge < -0.3 is 10.1 Å². The van der Waals surface area contributed by atoms with Crippen molar-refractivity contribution >= 4 is 5.82 Å². The number of piperidine rings is 1. The summed E-state index contributed by atoms with van der Waals surface area (Å²) >= 11 is 0. The lowest BCUT2D eigenvalue weighted by Gasteiger charge is -2.32. The van der Waals surface area contributed by atoms with Crippen LogP contribution in [0.5, 0.6) is 0 Å². The summed E-state index contributed by atoms with van der Waals surface area (Å²) in [5.41, 5.74) is 2.54. The fourth-order valence-electron chi connectivity index (χ4n) is 4.10. The van der Waals surface area contributed by atoms with Crippen molar-refractivity contribution in [2.75, 3.05) is 38.2 Å². The quantitative estimate of drug-likeness (QED) is 0.846. The Morgan fingerprint density at radius 3 is 2.67 bits per heavy atom. The van der Waals surface area contributed by atoms with Crippen LogP contribution in [-0.4, -0.2) is 47.7 Å². The number of anilines is 1. The molecule has 2 fully saturated rings. The lowest BCUT2D eigenvalue weighted by molar-refractivity contribution is 0.182. The molecule has 0 radical (unpaired) electrons. The first kappa shape index (κ1) is 18.4. The van der Waals surface area contributed by atoms with Gasteiger partial charge in [0.05, 0.1) is 12.3 Å². The summed E-state index contributed by atoms with van der Waals surface area (Å²) in [6, 6.07) is 12.9. The maximum absolute atomic E-state index is 5.51. The molecule has 4 rings (SSSR count). The van der Waals surface area contributed by atoms with Crippen LogP contribution >= 0.6 is 0 Å². The highest BCUT2D eigenvalue weighted by Crippen LogP contribution is 2.25. The van der Waals surface area contributed by atoms with Crippen LogP contribution in [0, 0.1) is 12.8 Å². The second kappa shape index (κ2) is 8.81. The van der Waals surface area contributed by atoms with E-state index >= 15 is 0 Å². The smallest absolute Gasteiger partial charge is 0.129 e. The van der Waals surface area contributed by atoms with Crippen molar-refractivity contribution in [2.24, 2.45) is 5.92 Å². The zero-order chi connectivity index (χ0) is 18.5. The van der Waals surface area contributed by atoms with Gasteiger partial charge in [-0.1, -0.05) is 30.3 Å². The molecule has 2 aliphatic rings. The highest BCUT2D eigenvalue weighted by Gasteiger charge is 2.21. The molecule has 2 aliphatic heterocycles. The van der Waals surface area contributed by atoms with E-state index in [9.17, 15) is 0 Å². The van der Waals surface area contributed by atoms with Crippen LogP contribution in [-0.2, 0) is 11.3 Å². The number of rotatable bonds is 6. The maximum Gasteiger partial charge on any atom is 0.129 e. The lowest BCUT2D eigenvalue weighted by atomic mass is 9.96. The van der Waals surface area contributed by atoms with Gasteiger partial charge in [0.25, 0.3) is 0 Å². The third-order valence-corrected chi connectivity index (χ3v) is 5.73. The van der Waals surface area contributed by atoms with E-state index in [0.29, 0.717) is 11.8 Å². The number of likely N-dealkylation sites (tertiary alicyclic amines) is 1. The summed E-state index contributed by atoms with van der Waals surface area (Å²) in [4.78, 5) is 11.8. The molecule has 1 atom stereocenters. The van der Waals surface area contributed by atoms with Crippen LogP contribution in [0.2, 0.25) is 0 Å². The molecular formula is C22H30N4O. The van der Waals surface area contributed by atoms with Crippen molar-refractivity contribution in [1.29, 1.82) is 0 Å². The Kier molecular flexibility index (Phi) is 6.00. The van der Waals surface area contributed by atoms with E-state index in [1.165, 1.54) is 31.5 Å². The number of aryl methyl sites for hydroxylation is 1. The largest absolute Gasteiger partial charge is 0.381 e. The van der Waals surface area contributed by atoms with Gasteiger partial charge in [0.15, 0.2) is 0 Å². The fourth-order valence-corrected chi connectivity index (χ4v) is 4.10. The third-order valence-electron chi connectivity index (χ3n) is 5.73. The van der Waals surface area contributed by atoms with Crippen molar-refractivity contribution in [3.63, 3.8) is 0 Å². The SMILES string of the molecule is Cc1nc(NCC2CCN(Cc3ccccc3)CC2)cc([C@H]2CCOC2)n1. The van der Waals surface area contributed by atoms with Gasteiger partial charge in [-0.15, -0.1) is 0 Å². The van der Waals surface area contributed by atoms with Gasteiger partial charge in [-0.2, -0.15) is 0 Å². The molecule has 0 spiro atoms. The van der Waals surface area contributed by atoms with E-state index < -0.39 is 0 Å². The first-order valence-electron chi connectivity index (χ1n) is 10.2. The van der Waals surface area contributed by atoms with E-state index in [-0.39, 0.29) is 0 Å². The predicted octanol–water partition coefficient (Wildman–Crippen LogP) is 3.61. The van der Waals surface area contributed by atoms with Gasteiger partial charge in [0.1, 0.15) is 11.6 Å². The van der Waals surface area contributed by atoms with Gasteiger partial charge >= 0.3 is 0 Å².